The molecule has 0 radical (unpaired) electrons. The summed E-state index contributed by atoms with van der Waals surface area (Å²) in [5.41, 5.74) is 2.93. The number of amides is 2. The molecule has 2 aromatic rings. The van der Waals surface area contributed by atoms with E-state index in [0.717, 1.165) is 11.3 Å². The lowest BCUT2D eigenvalue weighted by Gasteiger charge is -2.25. The van der Waals surface area contributed by atoms with Crippen LogP contribution in [0.4, 0.5) is 16.2 Å². The normalized spacial score (nSPS) is 15.7. The highest BCUT2D eigenvalue weighted by Gasteiger charge is 2.29. The maximum absolute atomic E-state index is 12.8. The number of aliphatic hydroxyl groups excluding tert-OH is 1. The van der Waals surface area contributed by atoms with Crippen LogP contribution in [0.25, 0.3) is 0 Å². The number of nitrogens with one attached hydrogen (secondary N) is 1. The second kappa shape index (κ2) is 7.36. The number of carbonyl (C=O) groups excluding carboxylic acids is 1. The Morgan fingerprint density at radius 1 is 1.08 bits per heavy atom. The molecule has 0 aromatic heterocycles. The van der Waals surface area contributed by atoms with Crippen LogP contribution in [-0.2, 0) is 11.2 Å². The van der Waals surface area contributed by atoms with Crippen LogP contribution in [0.3, 0.4) is 0 Å². The summed E-state index contributed by atoms with van der Waals surface area (Å²) in [5, 5.41) is 22.0. The molecule has 2 aromatic carbocycles. The van der Waals surface area contributed by atoms with Crippen molar-refractivity contribution in [3.05, 3.63) is 59.7 Å². The second-order valence-electron chi connectivity index (χ2n) is 5.97. The number of hydrogen-bond donors (Lipinski definition) is 3. The van der Waals surface area contributed by atoms with Gasteiger partial charge in [0, 0.05) is 24.9 Å². The maximum Gasteiger partial charge on any atom is 0.326 e. The van der Waals surface area contributed by atoms with E-state index in [1.165, 1.54) is 0 Å². The number of carboxylic acid groups (broad SMARTS) is 1. The van der Waals surface area contributed by atoms with Gasteiger partial charge in [-0.15, -0.1) is 0 Å². The standard InChI is InChI=1S/C19H20N2O4/c22-17-12-13-6-1-3-8-15(13)21(16-9-4-2-7-14(16)17)19(25)20-11-5-10-18(23)24/h1-4,6-9,17,22H,5,10-12H2,(H,20,25)(H,23,24)/t17-/m0/s1. The Bertz CT molecular complexity index is 790. The van der Waals surface area contributed by atoms with E-state index in [0.29, 0.717) is 24.1 Å². The minimum Gasteiger partial charge on any atom is -0.481 e. The van der Waals surface area contributed by atoms with Crippen molar-refractivity contribution in [3.8, 4) is 0 Å². The number of carboxylic acids is 1. The van der Waals surface area contributed by atoms with Crippen LogP contribution in [-0.4, -0.2) is 28.8 Å². The zero-order valence-electron chi connectivity index (χ0n) is 13.7. The number of nitrogens with zero attached hydrogens (tertiary/aromatic N) is 1. The zero-order chi connectivity index (χ0) is 17.8. The summed E-state index contributed by atoms with van der Waals surface area (Å²) in [4.78, 5) is 25.0. The van der Waals surface area contributed by atoms with Crippen LogP contribution in [0.2, 0.25) is 0 Å². The topological polar surface area (TPSA) is 89.9 Å². The molecular weight excluding hydrogens is 320 g/mol. The first-order chi connectivity index (χ1) is 12.1. The van der Waals surface area contributed by atoms with Crippen molar-refractivity contribution < 1.29 is 19.8 Å². The first-order valence-corrected chi connectivity index (χ1v) is 8.22. The number of para-hydroxylation sites is 2. The van der Waals surface area contributed by atoms with Crippen molar-refractivity contribution >= 4 is 23.4 Å². The van der Waals surface area contributed by atoms with Gasteiger partial charge in [-0.25, -0.2) is 4.79 Å². The average Bonchev–Trinajstić information content (AvgIpc) is 2.72. The minimum atomic E-state index is -0.886. The number of hydrogen-bond acceptors (Lipinski definition) is 3. The first-order valence-electron chi connectivity index (χ1n) is 8.22. The van der Waals surface area contributed by atoms with Gasteiger partial charge in [0.1, 0.15) is 0 Å². The Balaban J connectivity index is 1.92. The fraction of sp³-hybridized carbons (Fsp3) is 0.263. The second-order valence-corrected chi connectivity index (χ2v) is 5.97. The molecule has 0 saturated heterocycles. The third-order valence-corrected chi connectivity index (χ3v) is 4.23. The highest BCUT2D eigenvalue weighted by atomic mass is 16.4. The average molecular weight is 340 g/mol. The molecule has 1 aliphatic rings. The SMILES string of the molecule is O=C(O)CCCNC(=O)N1c2ccccc2C[C@H](O)c2ccccc21. The number of aliphatic carboxylic acids is 1. The molecule has 0 aliphatic carbocycles. The van der Waals surface area contributed by atoms with Gasteiger partial charge in [0.25, 0.3) is 0 Å². The number of anilines is 2. The number of rotatable bonds is 4. The molecule has 6 heteroatoms. The highest BCUT2D eigenvalue weighted by molar-refractivity contribution is 6.01. The highest BCUT2D eigenvalue weighted by Crippen LogP contribution is 2.39. The van der Waals surface area contributed by atoms with E-state index in [2.05, 4.69) is 5.32 Å². The third kappa shape index (κ3) is 3.64. The Hall–Kier alpha value is -2.86. The minimum absolute atomic E-state index is 0.00612. The molecule has 1 atom stereocenters. The van der Waals surface area contributed by atoms with Crippen molar-refractivity contribution in [2.45, 2.75) is 25.4 Å². The van der Waals surface area contributed by atoms with Crippen LogP contribution in [0, 0.1) is 0 Å². The first kappa shape index (κ1) is 17.0. The summed E-state index contributed by atoms with van der Waals surface area (Å²) < 4.78 is 0. The van der Waals surface area contributed by atoms with Crippen LogP contribution >= 0.6 is 0 Å². The Morgan fingerprint density at radius 2 is 1.76 bits per heavy atom. The summed E-state index contributed by atoms with van der Waals surface area (Å²) in [5.74, 6) is -0.886. The molecular formula is C19H20N2O4. The molecule has 6 nitrogen and oxygen atoms in total. The van der Waals surface area contributed by atoms with E-state index in [9.17, 15) is 14.7 Å². The van der Waals surface area contributed by atoms with Crippen molar-refractivity contribution in [3.63, 3.8) is 0 Å². The van der Waals surface area contributed by atoms with Crippen molar-refractivity contribution in [1.82, 2.24) is 5.32 Å². The van der Waals surface area contributed by atoms with Gasteiger partial charge in [-0.2, -0.15) is 0 Å². The number of urea groups is 1. The number of carbonyl (C=O) groups is 2. The van der Waals surface area contributed by atoms with Crippen molar-refractivity contribution in [2.75, 3.05) is 11.4 Å². The monoisotopic (exact) mass is 340 g/mol. The molecule has 0 fully saturated rings. The lowest BCUT2D eigenvalue weighted by atomic mass is 10.0. The molecule has 3 rings (SSSR count). The van der Waals surface area contributed by atoms with Gasteiger partial charge < -0.3 is 15.5 Å². The summed E-state index contributed by atoms with van der Waals surface area (Å²) in [6, 6.07) is 14.4. The zero-order valence-corrected chi connectivity index (χ0v) is 13.7. The number of aliphatic hydroxyl groups is 1. The van der Waals surface area contributed by atoms with E-state index in [-0.39, 0.29) is 19.0 Å². The van der Waals surface area contributed by atoms with Crippen LogP contribution < -0.4 is 10.2 Å². The van der Waals surface area contributed by atoms with E-state index in [1.54, 1.807) is 11.0 Å². The molecule has 0 unspecified atom stereocenters. The molecule has 0 bridgehead atoms. The molecule has 1 heterocycles. The fourth-order valence-electron chi connectivity index (χ4n) is 3.06. The van der Waals surface area contributed by atoms with Crippen LogP contribution in [0.1, 0.15) is 30.1 Å². The predicted molar refractivity (Wildman–Crippen MR) is 94.0 cm³/mol. The molecule has 3 N–H and O–H groups in total. The lowest BCUT2D eigenvalue weighted by Crippen LogP contribution is -2.38. The Kier molecular flexibility index (Phi) is 5.00. The predicted octanol–water partition coefficient (Wildman–Crippen LogP) is 2.99. The van der Waals surface area contributed by atoms with E-state index >= 15 is 0 Å². The van der Waals surface area contributed by atoms with Gasteiger partial charge in [-0.05, 0) is 24.1 Å². The largest absolute Gasteiger partial charge is 0.481 e. The van der Waals surface area contributed by atoms with E-state index in [4.69, 9.17) is 5.11 Å². The van der Waals surface area contributed by atoms with Crippen molar-refractivity contribution in [1.29, 1.82) is 0 Å². The van der Waals surface area contributed by atoms with E-state index < -0.39 is 12.1 Å². The summed E-state index contributed by atoms with van der Waals surface area (Å²) in [6.45, 7) is 0.272. The molecule has 0 saturated carbocycles. The summed E-state index contributed by atoms with van der Waals surface area (Å²) in [7, 11) is 0. The van der Waals surface area contributed by atoms with Gasteiger partial charge >= 0.3 is 12.0 Å². The van der Waals surface area contributed by atoms with Gasteiger partial charge in [-0.1, -0.05) is 36.4 Å². The molecule has 25 heavy (non-hydrogen) atoms. The Morgan fingerprint density at radius 3 is 2.52 bits per heavy atom. The number of benzene rings is 2. The fourth-order valence-corrected chi connectivity index (χ4v) is 3.06. The van der Waals surface area contributed by atoms with Crippen LogP contribution in [0.5, 0.6) is 0 Å². The van der Waals surface area contributed by atoms with Crippen molar-refractivity contribution in [2.24, 2.45) is 0 Å². The van der Waals surface area contributed by atoms with Gasteiger partial charge in [0.15, 0.2) is 0 Å². The smallest absolute Gasteiger partial charge is 0.326 e. The number of fused-ring (bicyclic) bond motifs is 2. The van der Waals surface area contributed by atoms with Crippen LogP contribution in [0.15, 0.2) is 48.5 Å². The third-order valence-electron chi connectivity index (χ3n) is 4.23. The lowest BCUT2D eigenvalue weighted by molar-refractivity contribution is -0.137. The van der Waals surface area contributed by atoms with Gasteiger partial charge in [0.05, 0.1) is 17.5 Å². The maximum atomic E-state index is 12.8. The van der Waals surface area contributed by atoms with E-state index in [1.807, 2.05) is 42.5 Å². The Labute approximate surface area is 145 Å². The molecule has 2 amide bonds. The molecule has 0 spiro atoms. The van der Waals surface area contributed by atoms with Gasteiger partial charge in [-0.3, -0.25) is 9.69 Å². The molecule has 130 valence electrons. The van der Waals surface area contributed by atoms with Gasteiger partial charge in [0.2, 0.25) is 0 Å². The summed E-state index contributed by atoms with van der Waals surface area (Å²) >= 11 is 0. The molecule has 1 aliphatic heterocycles. The quantitative estimate of drug-likeness (QED) is 0.746. The summed E-state index contributed by atoms with van der Waals surface area (Å²) in [6.07, 6.45) is 0.102.